The SMILES string of the molecule is Fc1ccccc1C(c1ccccc1F)C1CCNCC1. The van der Waals surface area contributed by atoms with E-state index < -0.39 is 0 Å². The molecule has 0 spiro atoms. The van der Waals surface area contributed by atoms with Gasteiger partial charge in [0, 0.05) is 5.92 Å². The second kappa shape index (κ2) is 6.35. The van der Waals surface area contributed by atoms with E-state index in [9.17, 15) is 8.78 Å². The fourth-order valence-corrected chi connectivity index (χ4v) is 3.31. The maximum Gasteiger partial charge on any atom is 0.127 e. The van der Waals surface area contributed by atoms with E-state index in [1.54, 1.807) is 24.3 Å². The average Bonchev–Trinajstić information content (AvgIpc) is 2.52. The summed E-state index contributed by atoms with van der Waals surface area (Å²) in [5, 5.41) is 3.31. The standard InChI is InChI=1S/C18H19F2N/c19-16-7-3-1-5-14(16)18(13-9-11-21-12-10-13)15-6-2-4-8-17(15)20/h1-8,13,18,21H,9-12H2. The Bertz CT molecular complexity index is 560. The second-order valence-electron chi connectivity index (χ2n) is 5.61. The number of rotatable bonds is 3. The predicted molar refractivity (Wildman–Crippen MR) is 80.2 cm³/mol. The van der Waals surface area contributed by atoms with E-state index in [1.165, 1.54) is 12.1 Å². The van der Waals surface area contributed by atoms with Crippen LogP contribution in [0.3, 0.4) is 0 Å². The molecule has 1 fully saturated rings. The van der Waals surface area contributed by atoms with Crippen molar-refractivity contribution < 1.29 is 8.78 Å². The molecule has 1 heterocycles. The van der Waals surface area contributed by atoms with Crippen molar-refractivity contribution >= 4 is 0 Å². The first kappa shape index (κ1) is 14.2. The van der Waals surface area contributed by atoms with Crippen molar-refractivity contribution in [3.8, 4) is 0 Å². The summed E-state index contributed by atoms with van der Waals surface area (Å²) >= 11 is 0. The number of nitrogens with one attached hydrogen (secondary N) is 1. The summed E-state index contributed by atoms with van der Waals surface area (Å²) < 4.78 is 28.5. The van der Waals surface area contributed by atoms with Crippen LogP contribution in [-0.2, 0) is 0 Å². The van der Waals surface area contributed by atoms with Crippen LogP contribution in [0.4, 0.5) is 8.78 Å². The predicted octanol–water partition coefficient (Wildman–Crippen LogP) is 4.10. The number of hydrogen-bond donors (Lipinski definition) is 1. The van der Waals surface area contributed by atoms with Crippen LogP contribution in [0.1, 0.15) is 29.9 Å². The monoisotopic (exact) mass is 287 g/mol. The lowest BCUT2D eigenvalue weighted by atomic mass is 9.76. The van der Waals surface area contributed by atoms with Gasteiger partial charge in [-0.25, -0.2) is 8.78 Å². The van der Waals surface area contributed by atoms with Crippen molar-refractivity contribution in [2.24, 2.45) is 5.92 Å². The Hall–Kier alpha value is -1.74. The molecular weight excluding hydrogens is 268 g/mol. The van der Waals surface area contributed by atoms with Crippen LogP contribution >= 0.6 is 0 Å². The van der Waals surface area contributed by atoms with Gasteiger partial charge in [0.05, 0.1) is 0 Å². The topological polar surface area (TPSA) is 12.0 Å². The maximum atomic E-state index is 14.3. The Balaban J connectivity index is 2.07. The third-order valence-corrected chi connectivity index (χ3v) is 4.34. The molecule has 0 saturated carbocycles. The Morgan fingerprint density at radius 3 is 1.76 bits per heavy atom. The van der Waals surface area contributed by atoms with Gasteiger partial charge in [-0.15, -0.1) is 0 Å². The third kappa shape index (κ3) is 2.98. The Labute approximate surface area is 124 Å². The highest BCUT2D eigenvalue weighted by Gasteiger charge is 2.30. The number of hydrogen-bond acceptors (Lipinski definition) is 1. The highest BCUT2D eigenvalue weighted by Crippen LogP contribution is 2.38. The summed E-state index contributed by atoms with van der Waals surface area (Å²) in [5.74, 6) is -0.442. The van der Waals surface area contributed by atoms with Gasteiger partial charge in [-0.3, -0.25) is 0 Å². The van der Waals surface area contributed by atoms with Crippen molar-refractivity contribution in [3.05, 3.63) is 71.3 Å². The van der Waals surface area contributed by atoms with E-state index in [2.05, 4.69) is 5.32 Å². The summed E-state index contributed by atoms with van der Waals surface area (Å²) in [6.07, 6.45) is 1.88. The summed E-state index contributed by atoms with van der Waals surface area (Å²) in [5.41, 5.74) is 1.21. The number of piperidine rings is 1. The summed E-state index contributed by atoms with van der Waals surface area (Å²) in [6, 6.07) is 13.5. The molecule has 0 amide bonds. The zero-order valence-electron chi connectivity index (χ0n) is 11.9. The van der Waals surface area contributed by atoms with Gasteiger partial charge in [0.15, 0.2) is 0 Å². The molecule has 0 atom stereocenters. The van der Waals surface area contributed by atoms with Crippen molar-refractivity contribution in [1.29, 1.82) is 0 Å². The molecule has 1 aliphatic rings. The van der Waals surface area contributed by atoms with Crippen LogP contribution in [0.25, 0.3) is 0 Å². The molecule has 21 heavy (non-hydrogen) atoms. The minimum absolute atomic E-state index is 0.213. The highest BCUT2D eigenvalue weighted by molar-refractivity contribution is 5.35. The van der Waals surface area contributed by atoms with Crippen molar-refractivity contribution in [2.45, 2.75) is 18.8 Å². The van der Waals surface area contributed by atoms with Crippen molar-refractivity contribution in [1.82, 2.24) is 5.32 Å². The first-order valence-electron chi connectivity index (χ1n) is 7.47. The van der Waals surface area contributed by atoms with Crippen LogP contribution in [-0.4, -0.2) is 13.1 Å². The largest absolute Gasteiger partial charge is 0.317 e. The van der Waals surface area contributed by atoms with Crippen molar-refractivity contribution in [3.63, 3.8) is 0 Å². The molecule has 0 unspecified atom stereocenters. The third-order valence-electron chi connectivity index (χ3n) is 4.34. The second-order valence-corrected chi connectivity index (χ2v) is 5.61. The van der Waals surface area contributed by atoms with Gasteiger partial charge < -0.3 is 5.32 Å². The average molecular weight is 287 g/mol. The molecule has 0 aromatic heterocycles. The molecule has 2 aromatic carbocycles. The normalized spacial score (nSPS) is 16.3. The lowest BCUT2D eigenvalue weighted by molar-refractivity contribution is 0.332. The fourth-order valence-electron chi connectivity index (χ4n) is 3.31. The van der Waals surface area contributed by atoms with E-state index in [4.69, 9.17) is 0 Å². The molecule has 0 bridgehead atoms. The molecule has 3 rings (SSSR count). The van der Waals surface area contributed by atoms with E-state index in [1.807, 2.05) is 12.1 Å². The molecule has 1 nitrogen and oxygen atoms in total. The molecule has 110 valence electrons. The van der Waals surface area contributed by atoms with E-state index in [0.717, 1.165) is 25.9 Å². The molecule has 2 aromatic rings. The minimum Gasteiger partial charge on any atom is -0.317 e. The van der Waals surface area contributed by atoms with Crippen LogP contribution < -0.4 is 5.32 Å². The lowest BCUT2D eigenvalue weighted by Gasteiger charge is -2.32. The quantitative estimate of drug-likeness (QED) is 0.896. The van der Waals surface area contributed by atoms with E-state index >= 15 is 0 Å². The smallest absolute Gasteiger partial charge is 0.127 e. The lowest BCUT2D eigenvalue weighted by Crippen LogP contribution is -2.31. The molecular formula is C18H19F2N. The van der Waals surface area contributed by atoms with Gasteiger partial charge in [0.1, 0.15) is 11.6 Å². The van der Waals surface area contributed by atoms with Gasteiger partial charge in [-0.05, 0) is 55.1 Å². The molecule has 1 aliphatic heterocycles. The first-order chi connectivity index (χ1) is 10.3. The molecule has 3 heteroatoms. The highest BCUT2D eigenvalue weighted by atomic mass is 19.1. The van der Waals surface area contributed by atoms with Crippen LogP contribution in [0.5, 0.6) is 0 Å². The molecule has 0 aliphatic carbocycles. The summed E-state index contributed by atoms with van der Waals surface area (Å²) in [4.78, 5) is 0. The zero-order valence-corrected chi connectivity index (χ0v) is 11.9. The zero-order chi connectivity index (χ0) is 14.7. The van der Waals surface area contributed by atoms with Gasteiger partial charge in [0.25, 0.3) is 0 Å². The fraction of sp³-hybridized carbons (Fsp3) is 0.333. The van der Waals surface area contributed by atoms with Gasteiger partial charge in [0.2, 0.25) is 0 Å². The van der Waals surface area contributed by atoms with Gasteiger partial charge >= 0.3 is 0 Å². The Morgan fingerprint density at radius 2 is 1.29 bits per heavy atom. The maximum absolute atomic E-state index is 14.3. The Morgan fingerprint density at radius 1 is 0.810 bits per heavy atom. The van der Waals surface area contributed by atoms with Gasteiger partial charge in [-0.2, -0.15) is 0 Å². The molecule has 1 N–H and O–H groups in total. The molecule has 1 saturated heterocycles. The Kier molecular flexibility index (Phi) is 4.30. The summed E-state index contributed by atoms with van der Waals surface area (Å²) in [7, 11) is 0. The molecule has 0 radical (unpaired) electrons. The van der Waals surface area contributed by atoms with Crippen LogP contribution in [0.15, 0.2) is 48.5 Å². The summed E-state index contributed by atoms with van der Waals surface area (Å²) in [6.45, 7) is 1.81. The van der Waals surface area contributed by atoms with Crippen molar-refractivity contribution in [2.75, 3.05) is 13.1 Å². The van der Waals surface area contributed by atoms with E-state index in [0.29, 0.717) is 11.1 Å². The van der Waals surface area contributed by atoms with Crippen LogP contribution in [0.2, 0.25) is 0 Å². The van der Waals surface area contributed by atoms with Crippen LogP contribution in [0, 0.1) is 17.6 Å². The van der Waals surface area contributed by atoms with E-state index in [-0.39, 0.29) is 23.5 Å². The van der Waals surface area contributed by atoms with Gasteiger partial charge in [-0.1, -0.05) is 36.4 Å². The number of halogens is 2. The first-order valence-corrected chi connectivity index (χ1v) is 7.47. The number of benzene rings is 2. The minimum atomic E-state index is -0.246.